The summed E-state index contributed by atoms with van der Waals surface area (Å²) < 4.78 is 29.0. The molecule has 19 heteroatoms. The van der Waals surface area contributed by atoms with E-state index in [4.69, 9.17) is 18.9 Å². The fraction of sp³-hybridized carbons (Fsp3) is 0.241. The Kier molecular flexibility index (Phi) is 18.4. The maximum atomic E-state index is 16.0. The largest absolute Gasteiger partial charge is 0.457 e. The molecule has 13 rings (SSSR count). The number of allylic oxidation sites excluding steroid dienone is 1. The standard InChI is InChI=1S/C87H81N7O12/c1-46(2)62(95)37-48-33-35-88-67(38-48)91-69(96)44-93-80(99)58-40-63(103-54-25-17-49(18-26-54)84(5,6)7)73-75-65(105-56-29-21-51(22-30-56)86(11,12)13)42-60-72-61(83(102)94(82(60)101)45-70(97)92-68-39-53(34-36-89-68)90-79(98)47(3)4)43-66(106-57-31-23-52(24-32-57)87(14,15)16)76(78(72)75)74-64(41-59(81(93)100)71(58)77(73)74)104-55-27-19-50(20-28-55)85(8,9)10/h17-36,38-43H,1,3,37,44-45H2,2,4-16H3,(H,88,91,96)(H2,89,90,92,97,98). The van der Waals surface area contributed by atoms with Crippen molar-refractivity contribution in [3.63, 3.8) is 0 Å². The maximum absolute atomic E-state index is 16.0. The van der Waals surface area contributed by atoms with E-state index in [1.165, 1.54) is 54.9 Å². The van der Waals surface area contributed by atoms with Crippen molar-refractivity contribution in [3.05, 3.63) is 232 Å². The van der Waals surface area contributed by atoms with Gasteiger partial charge in [-0.2, -0.15) is 0 Å². The molecule has 19 nitrogen and oxygen atoms in total. The molecule has 0 atom stereocenters. The molecule has 2 aromatic heterocycles. The predicted octanol–water partition coefficient (Wildman–Crippen LogP) is 18.6. The maximum Gasteiger partial charge on any atom is 0.262 e. The van der Waals surface area contributed by atoms with Gasteiger partial charge in [-0.05, 0) is 160 Å². The molecule has 0 fully saturated rings. The summed E-state index contributed by atoms with van der Waals surface area (Å²) in [5, 5.41) is 9.90. The minimum Gasteiger partial charge on any atom is -0.457 e. The Hall–Kier alpha value is -12.4. The highest BCUT2D eigenvalue weighted by Gasteiger charge is 2.43. The number of carbonyl (C=O) groups is 8. The van der Waals surface area contributed by atoms with Crippen LogP contribution in [-0.2, 0) is 47.3 Å². The van der Waals surface area contributed by atoms with Crippen LogP contribution in [0.2, 0.25) is 0 Å². The summed E-state index contributed by atoms with van der Waals surface area (Å²) >= 11 is 0. The van der Waals surface area contributed by atoms with Gasteiger partial charge in [-0.15, -0.1) is 0 Å². The lowest BCUT2D eigenvalue weighted by Crippen LogP contribution is -2.45. The molecule has 0 spiro atoms. The molecule has 0 saturated heterocycles. The first-order chi connectivity index (χ1) is 50.0. The number of nitrogens with zero attached hydrogens (tertiary/aromatic N) is 4. The predicted molar refractivity (Wildman–Crippen MR) is 412 cm³/mol. The van der Waals surface area contributed by atoms with Crippen LogP contribution < -0.4 is 34.9 Å². The molecular weight excluding hydrogens is 1330 g/mol. The minimum absolute atomic E-state index is 0.00558. The van der Waals surface area contributed by atoms with Crippen LogP contribution in [0.15, 0.2) is 182 Å². The van der Waals surface area contributed by atoms with Crippen LogP contribution >= 0.6 is 0 Å². The number of rotatable bonds is 19. The molecule has 536 valence electrons. The Bertz CT molecular complexity index is 4970. The number of amides is 7. The monoisotopic (exact) mass is 1420 g/mol. The van der Waals surface area contributed by atoms with Crippen LogP contribution in [0.3, 0.4) is 0 Å². The first-order valence-corrected chi connectivity index (χ1v) is 34.9. The summed E-state index contributed by atoms with van der Waals surface area (Å²) in [6, 6.07) is 42.2. The van der Waals surface area contributed by atoms with E-state index in [0.717, 1.165) is 32.1 Å². The van der Waals surface area contributed by atoms with Gasteiger partial charge < -0.3 is 34.9 Å². The summed E-state index contributed by atoms with van der Waals surface area (Å²) in [5.74, 6) is -4.15. The van der Waals surface area contributed by atoms with Gasteiger partial charge in [0.2, 0.25) is 11.8 Å². The lowest BCUT2D eigenvalue weighted by Gasteiger charge is -2.32. The number of hydrogen-bond acceptors (Lipinski definition) is 14. The van der Waals surface area contributed by atoms with Gasteiger partial charge in [0.05, 0.1) is 22.3 Å². The van der Waals surface area contributed by atoms with E-state index < -0.39 is 54.4 Å². The quantitative estimate of drug-likeness (QED) is 0.0295. The van der Waals surface area contributed by atoms with Gasteiger partial charge in [-0.25, -0.2) is 9.97 Å². The van der Waals surface area contributed by atoms with E-state index in [-0.39, 0.29) is 139 Å². The zero-order valence-electron chi connectivity index (χ0n) is 61.7. The van der Waals surface area contributed by atoms with Crippen LogP contribution in [0.25, 0.3) is 43.1 Å². The Labute approximate surface area is 613 Å². The molecule has 106 heavy (non-hydrogen) atoms. The number of ether oxygens (including phenoxy) is 4. The average molecular weight is 1420 g/mol. The third kappa shape index (κ3) is 14.0. The highest BCUT2D eigenvalue weighted by molar-refractivity contribution is 6.45. The van der Waals surface area contributed by atoms with E-state index >= 15 is 19.2 Å². The average Bonchev–Trinajstić information content (AvgIpc) is 0.672. The topological polar surface area (TPSA) is 242 Å². The zero-order valence-corrected chi connectivity index (χ0v) is 61.7. The van der Waals surface area contributed by atoms with Crippen LogP contribution in [0.5, 0.6) is 46.0 Å². The summed E-state index contributed by atoms with van der Waals surface area (Å²) in [5.41, 5.74) is 4.07. The van der Waals surface area contributed by atoms with Gasteiger partial charge >= 0.3 is 0 Å². The SMILES string of the molecule is C=C(C)C(=O)Cc1ccnc(NC(=O)CN2C(=O)c3cc(Oc4ccc(C(C)(C)C)cc4)c4c5c(Oc6ccc(C(C)(C)C)cc6)cc6c7c(cc(Oc8ccc(C(C)(C)C)cc8)c(c8c(Oc9ccc(C(C)(C)C)cc9)cc(c3c48)C2=O)c75)C(=O)N(CC(=O)Nc2cc(NC(=O)C(=C)C)ccn2)C6=O)c1. The van der Waals surface area contributed by atoms with Crippen molar-refractivity contribution < 1.29 is 57.3 Å². The lowest BCUT2D eigenvalue weighted by molar-refractivity contribution is -0.117. The van der Waals surface area contributed by atoms with Crippen molar-refractivity contribution in [3.8, 4) is 46.0 Å². The Balaban J connectivity index is 1.12. The molecule has 0 bridgehead atoms. The summed E-state index contributed by atoms with van der Waals surface area (Å²) in [6.45, 7) is 34.0. The fourth-order valence-corrected chi connectivity index (χ4v) is 13.3. The smallest absolute Gasteiger partial charge is 0.262 e. The highest BCUT2D eigenvalue weighted by atomic mass is 16.5. The molecule has 2 aliphatic rings. The molecular formula is C87H81N7O12. The molecule has 11 aromatic rings. The Morgan fingerprint density at radius 1 is 0.377 bits per heavy atom. The molecule has 2 aliphatic heterocycles. The highest BCUT2D eigenvalue weighted by Crippen LogP contribution is 2.58. The molecule has 0 aliphatic carbocycles. The number of carbonyl (C=O) groups excluding carboxylic acids is 8. The molecule has 4 heterocycles. The van der Waals surface area contributed by atoms with E-state index in [2.05, 4.69) is 122 Å². The second-order valence-corrected chi connectivity index (χ2v) is 31.3. The van der Waals surface area contributed by atoms with Gasteiger partial charge in [-0.3, -0.25) is 48.2 Å². The number of ketones is 1. The number of fused-ring (bicyclic) bond motifs is 2. The summed E-state index contributed by atoms with van der Waals surface area (Å²) in [7, 11) is 0. The van der Waals surface area contributed by atoms with Crippen molar-refractivity contribution in [1.29, 1.82) is 0 Å². The molecule has 3 N–H and O–H groups in total. The van der Waals surface area contributed by atoms with Crippen LogP contribution in [0.4, 0.5) is 17.3 Å². The zero-order chi connectivity index (χ0) is 76.0. The van der Waals surface area contributed by atoms with E-state index in [0.29, 0.717) is 39.8 Å². The first kappa shape index (κ1) is 72.0. The first-order valence-electron chi connectivity index (χ1n) is 34.9. The number of Topliss-reactive ketones (excluding diaryl/α,β-unsaturated/α-hetero) is 1. The number of imide groups is 2. The second kappa shape index (κ2) is 27.0. The van der Waals surface area contributed by atoms with Crippen molar-refractivity contribution >= 4 is 108 Å². The Morgan fingerprint density at radius 2 is 0.679 bits per heavy atom. The molecule has 9 aromatic carbocycles. The van der Waals surface area contributed by atoms with Crippen LogP contribution in [0, 0.1) is 0 Å². The van der Waals surface area contributed by atoms with Crippen molar-refractivity contribution in [2.45, 2.75) is 125 Å². The number of hydrogen-bond donors (Lipinski definition) is 3. The third-order valence-corrected chi connectivity index (χ3v) is 19.1. The van der Waals surface area contributed by atoms with Gasteiger partial charge in [0.25, 0.3) is 29.5 Å². The lowest BCUT2D eigenvalue weighted by atomic mass is 9.80. The van der Waals surface area contributed by atoms with Crippen molar-refractivity contribution in [2.75, 3.05) is 29.0 Å². The minimum atomic E-state index is -0.872. The second-order valence-electron chi connectivity index (χ2n) is 31.3. The Morgan fingerprint density at radius 3 is 0.972 bits per heavy atom. The van der Waals surface area contributed by atoms with E-state index in [1.807, 2.05) is 97.1 Å². The normalized spacial score (nSPS) is 13.2. The van der Waals surface area contributed by atoms with Gasteiger partial charge in [0.1, 0.15) is 70.7 Å². The van der Waals surface area contributed by atoms with Crippen LogP contribution in [0.1, 0.15) is 166 Å². The van der Waals surface area contributed by atoms with E-state index in [1.54, 1.807) is 19.9 Å². The number of anilines is 3. The van der Waals surface area contributed by atoms with Crippen molar-refractivity contribution in [1.82, 2.24) is 19.8 Å². The number of pyridine rings is 2. The van der Waals surface area contributed by atoms with Gasteiger partial charge in [-0.1, -0.05) is 145 Å². The van der Waals surface area contributed by atoms with Gasteiger partial charge in [0, 0.05) is 79.2 Å². The number of nitrogens with one attached hydrogen (secondary N) is 3. The fourth-order valence-electron chi connectivity index (χ4n) is 13.3. The summed E-state index contributed by atoms with van der Waals surface area (Å²) in [4.78, 5) is 128. The third-order valence-electron chi connectivity index (χ3n) is 19.1. The van der Waals surface area contributed by atoms with Gasteiger partial charge in [0.15, 0.2) is 5.78 Å². The van der Waals surface area contributed by atoms with E-state index in [9.17, 15) is 19.2 Å². The van der Waals surface area contributed by atoms with Crippen LogP contribution in [-0.4, -0.2) is 80.0 Å². The van der Waals surface area contributed by atoms with Crippen molar-refractivity contribution in [2.24, 2.45) is 0 Å². The molecule has 7 amide bonds. The summed E-state index contributed by atoms with van der Waals surface area (Å²) in [6.07, 6.45) is 2.81. The molecule has 0 saturated carbocycles. The molecule has 0 radical (unpaired) electrons. The number of aromatic nitrogens is 2. The molecule has 0 unspecified atom stereocenters. The number of benzene rings is 9.